The molecule has 2 aliphatic heterocycles. The minimum atomic E-state index is 0.248. The molecular formula is C15H19NO2. The first-order valence-electron chi connectivity index (χ1n) is 6.72. The van der Waals surface area contributed by atoms with E-state index in [9.17, 15) is 4.79 Å². The molecule has 0 aliphatic carbocycles. The number of Topliss-reactive ketones (excluding diaryl/α,β-unsaturated/α-hetero) is 1. The lowest BCUT2D eigenvalue weighted by Crippen LogP contribution is -2.45. The average Bonchev–Trinajstić information content (AvgIpc) is 2.75. The van der Waals surface area contributed by atoms with Gasteiger partial charge in [0.05, 0.1) is 0 Å². The van der Waals surface area contributed by atoms with E-state index in [-0.39, 0.29) is 6.10 Å². The fourth-order valence-corrected chi connectivity index (χ4v) is 2.94. The number of carbonyl (C=O) groups is 1. The van der Waals surface area contributed by atoms with E-state index in [0.717, 1.165) is 25.3 Å². The van der Waals surface area contributed by atoms with Crippen molar-refractivity contribution in [3.63, 3.8) is 0 Å². The van der Waals surface area contributed by atoms with Gasteiger partial charge in [-0.15, -0.1) is 0 Å². The van der Waals surface area contributed by atoms with Crippen molar-refractivity contribution in [2.24, 2.45) is 0 Å². The van der Waals surface area contributed by atoms with Gasteiger partial charge in [0, 0.05) is 38.4 Å². The van der Waals surface area contributed by atoms with Crippen LogP contribution in [0.25, 0.3) is 0 Å². The van der Waals surface area contributed by atoms with Gasteiger partial charge < -0.3 is 4.74 Å². The average molecular weight is 245 g/mol. The second kappa shape index (κ2) is 4.73. The SMILES string of the molecule is CC1CC(=O)CCN1CC1Cc2ccccc2O1. The highest BCUT2D eigenvalue weighted by atomic mass is 16.5. The van der Waals surface area contributed by atoms with Crippen molar-refractivity contribution in [2.45, 2.75) is 38.3 Å². The second-order valence-corrected chi connectivity index (χ2v) is 5.39. The summed E-state index contributed by atoms with van der Waals surface area (Å²) >= 11 is 0. The highest BCUT2D eigenvalue weighted by Crippen LogP contribution is 2.29. The van der Waals surface area contributed by atoms with Crippen LogP contribution >= 0.6 is 0 Å². The standard InChI is InChI=1S/C15H19NO2/c1-11-8-13(17)6-7-16(11)10-14-9-12-4-2-3-5-15(12)18-14/h2-5,11,14H,6-10H2,1H3. The van der Waals surface area contributed by atoms with Crippen molar-refractivity contribution in [3.05, 3.63) is 29.8 Å². The molecule has 0 aromatic heterocycles. The second-order valence-electron chi connectivity index (χ2n) is 5.39. The Bertz CT molecular complexity index is 433. The predicted octanol–water partition coefficient (Wildman–Crippen LogP) is 2.04. The van der Waals surface area contributed by atoms with Crippen LogP contribution in [-0.4, -0.2) is 35.9 Å². The lowest BCUT2D eigenvalue weighted by molar-refractivity contribution is -0.123. The Labute approximate surface area is 108 Å². The van der Waals surface area contributed by atoms with Crippen molar-refractivity contribution in [1.82, 2.24) is 4.90 Å². The molecule has 3 rings (SSSR count). The van der Waals surface area contributed by atoms with Crippen LogP contribution in [0.4, 0.5) is 0 Å². The molecule has 1 aromatic carbocycles. The first-order chi connectivity index (χ1) is 8.72. The molecule has 0 amide bonds. The number of carbonyl (C=O) groups excluding carboxylic acids is 1. The van der Waals surface area contributed by atoms with Gasteiger partial charge in [0.25, 0.3) is 0 Å². The molecule has 1 saturated heterocycles. The normalized spacial score (nSPS) is 27.9. The van der Waals surface area contributed by atoms with Crippen molar-refractivity contribution in [3.8, 4) is 5.75 Å². The van der Waals surface area contributed by atoms with Crippen LogP contribution in [0.3, 0.4) is 0 Å². The number of ether oxygens (including phenoxy) is 1. The van der Waals surface area contributed by atoms with E-state index in [1.807, 2.05) is 12.1 Å². The Hall–Kier alpha value is -1.35. The highest BCUT2D eigenvalue weighted by Gasteiger charge is 2.29. The maximum absolute atomic E-state index is 11.4. The summed E-state index contributed by atoms with van der Waals surface area (Å²) < 4.78 is 5.96. The third-order valence-electron chi connectivity index (χ3n) is 3.98. The lowest BCUT2D eigenvalue weighted by Gasteiger charge is -2.34. The lowest BCUT2D eigenvalue weighted by atomic mass is 10.0. The summed E-state index contributed by atoms with van der Waals surface area (Å²) in [6, 6.07) is 8.62. The molecule has 0 saturated carbocycles. The predicted molar refractivity (Wildman–Crippen MR) is 69.8 cm³/mol. The molecule has 18 heavy (non-hydrogen) atoms. The first-order valence-corrected chi connectivity index (χ1v) is 6.72. The summed E-state index contributed by atoms with van der Waals surface area (Å²) in [5.74, 6) is 1.43. The minimum absolute atomic E-state index is 0.248. The molecule has 2 atom stereocenters. The Morgan fingerprint density at radius 2 is 2.17 bits per heavy atom. The molecule has 1 aromatic rings. The molecule has 2 aliphatic rings. The van der Waals surface area contributed by atoms with Gasteiger partial charge in [-0.1, -0.05) is 18.2 Å². The van der Waals surface area contributed by atoms with Crippen LogP contribution in [0, 0.1) is 0 Å². The topological polar surface area (TPSA) is 29.5 Å². The fraction of sp³-hybridized carbons (Fsp3) is 0.533. The Balaban J connectivity index is 1.61. The molecule has 0 N–H and O–H groups in total. The Kier molecular flexibility index (Phi) is 3.08. The number of ketones is 1. The van der Waals surface area contributed by atoms with Crippen LogP contribution in [0.2, 0.25) is 0 Å². The van der Waals surface area contributed by atoms with Gasteiger partial charge in [-0.3, -0.25) is 9.69 Å². The van der Waals surface area contributed by atoms with Crippen molar-refractivity contribution in [2.75, 3.05) is 13.1 Å². The number of hydrogen-bond donors (Lipinski definition) is 0. The smallest absolute Gasteiger partial charge is 0.135 e. The van der Waals surface area contributed by atoms with E-state index in [4.69, 9.17) is 4.74 Å². The van der Waals surface area contributed by atoms with Crippen LogP contribution < -0.4 is 4.74 Å². The first kappa shape index (κ1) is 11.7. The van der Waals surface area contributed by atoms with Crippen molar-refractivity contribution >= 4 is 5.78 Å². The van der Waals surface area contributed by atoms with E-state index >= 15 is 0 Å². The third kappa shape index (κ3) is 2.27. The number of hydrogen-bond acceptors (Lipinski definition) is 3. The van der Waals surface area contributed by atoms with Gasteiger partial charge in [-0.2, -0.15) is 0 Å². The van der Waals surface area contributed by atoms with Crippen molar-refractivity contribution in [1.29, 1.82) is 0 Å². The summed E-state index contributed by atoms with van der Waals surface area (Å²) in [4.78, 5) is 13.8. The molecule has 96 valence electrons. The molecule has 1 fully saturated rings. The van der Waals surface area contributed by atoms with Crippen LogP contribution in [0.15, 0.2) is 24.3 Å². The molecule has 0 radical (unpaired) electrons. The summed E-state index contributed by atoms with van der Waals surface area (Å²) in [5, 5.41) is 0. The van der Waals surface area contributed by atoms with Crippen LogP contribution in [-0.2, 0) is 11.2 Å². The zero-order valence-electron chi connectivity index (χ0n) is 10.8. The maximum atomic E-state index is 11.4. The van der Waals surface area contributed by atoms with Gasteiger partial charge in [0.2, 0.25) is 0 Å². The van der Waals surface area contributed by atoms with E-state index in [0.29, 0.717) is 24.7 Å². The summed E-state index contributed by atoms with van der Waals surface area (Å²) in [7, 11) is 0. The van der Waals surface area contributed by atoms with Crippen LogP contribution in [0.5, 0.6) is 5.75 Å². The number of rotatable bonds is 2. The fourth-order valence-electron chi connectivity index (χ4n) is 2.94. The number of piperidine rings is 1. The largest absolute Gasteiger partial charge is 0.488 e. The molecule has 0 spiro atoms. The molecule has 3 nitrogen and oxygen atoms in total. The molecule has 0 bridgehead atoms. The summed E-state index contributed by atoms with van der Waals surface area (Å²) in [5.41, 5.74) is 1.31. The Morgan fingerprint density at radius 1 is 1.33 bits per heavy atom. The van der Waals surface area contributed by atoms with Gasteiger partial charge >= 0.3 is 0 Å². The minimum Gasteiger partial charge on any atom is -0.488 e. The molecule has 2 heterocycles. The highest BCUT2D eigenvalue weighted by molar-refractivity contribution is 5.79. The zero-order valence-corrected chi connectivity index (χ0v) is 10.8. The van der Waals surface area contributed by atoms with E-state index in [1.165, 1.54) is 5.56 Å². The number of para-hydroxylation sites is 1. The zero-order chi connectivity index (χ0) is 12.5. The van der Waals surface area contributed by atoms with E-state index in [1.54, 1.807) is 0 Å². The Morgan fingerprint density at radius 3 is 2.94 bits per heavy atom. The van der Waals surface area contributed by atoms with Crippen molar-refractivity contribution < 1.29 is 9.53 Å². The van der Waals surface area contributed by atoms with E-state index in [2.05, 4.69) is 24.0 Å². The number of nitrogens with zero attached hydrogens (tertiary/aromatic N) is 1. The van der Waals surface area contributed by atoms with Crippen LogP contribution in [0.1, 0.15) is 25.3 Å². The molecular weight excluding hydrogens is 226 g/mol. The third-order valence-corrected chi connectivity index (χ3v) is 3.98. The number of benzene rings is 1. The van der Waals surface area contributed by atoms with E-state index < -0.39 is 0 Å². The van der Waals surface area contributed by atoms with Gasteiger partial charge in [-0.05, 0) is 18.6 Å². The van der Waals surface area contributed by atoms with Gasteiger partial charge in [0.15, 0.2) is 0 Å². The maximum Gasteiger partial charge on any atom is 0.135 e. The molecule has 3 heteroatoms. The van der Waals surface area contributed by atoms with Gasteiger partial charge in [0.1, 0.15) is 17.6 Å². The summed E-state index contributed by atoms with van der Waals surface area (Å²) in [6.45, 7) is 3.96. The monoisotopic (exact) mass is 245 g/mol. The number of fused-ring (bicyclic) bond motifs is 1. The quantitative estimate of drug-likeness (QED) is 0.798. The molecule has 2 unspecified atom stereocenters. The summed E-state index contributed by atoms with van der Waals surface area (Å²) in [6.07, 6.45) is 2.63. The van der Waals surface area contributed by atoms with Gasteiger partial charge in [-0.25, -0.2) is 0 Å². The number of likely N-dealkylation sites (tertiary alicyclic amines) is 1.